The number of nitrogens with zero attached hydrogens (tertiary/aromatic N) is 6. The number of aromatic nitrogens is 4. The number of imidazole rings is 1. The maximum absolute atomic E-state index is 13.9. The fourth-order valence-electron chi connectivity index (χ4n) is 6.29. The molecule has 0 spiro atoms. The van der Waals surface area contributed by atoms with Crippen LogP contribution in [-0.4, -0.2) is 73.6 Å². The molecule has 212 valence electrons. The Morgan fingerprint density at radius 2 is 1.83 bits per heavy atom. The summed E-state index contributed by atoms with van der Waals surface area (Å²) in [6.45, 7) is 11.7. The molecule has 1 N–H and O–H groups in total. The van der Waals surface area contributed by atoms with Gasteiger partial charge in [-0.05, 0) is 70.0 Å². The first-order valence-electron chi connectivity index (χ1n) is 14.6. The topological polar surface area (TPSA) is 91.5 Å². The summed E-state index contributed by atoms with van der Waals surface area (Å²) < 4.78 is 4.03. The molecule has 3 aromatic heterocycles. The van der Waals surface area contributed by atoms with Crippen molar-refractivity contribution in [2.75, 3.05) is 32.7 Å². The summed E-state index contributed by atoms with van der Waals surface area (Å²) in [6, 6.07) is 12.0. The highest BCUT2D eigenvalue weighted by atomic mass is 16.1. The fraction of sp³-hybridized carbons (Fsp3) is 0.375. The smallest absolute Gasteiger partial charge is 0.327 e. The van der Waals surface area contributed by atoms with Gasteiger partial charge in [0.15, 0.2) is 5.65 Å². The van der Waals surface area contributed by atoms with Gasteiger partial charge in [0.05, 0.1) is 5.52 Å². The zero-order valence-corrected chi connectivity index (χ0v) is 23.6. The molecule has 0 unspecified atom stereocenters. The molecular formula is C32H37N7O2. The van der Waals surface area contributed by atoms with Crippen LogP contribution in [0.5, 0.6) is 0 Å². The van der Waals surface area contributed by atoms with E-state index in [2.05, 4.69) is 42.0 Å². The van der Waals surface area contributed by atoms with E-state index in [0.717, 1.165) is 74.2 Å². The fourth-order valence-corrected chi connectivity index (χ4v) is 6.29. The molecule has 5 heterocycles. The monoisotopic (exact) mass is 551 g/mol. The quantitative estimate of drug-likeness (QED) is 0.140. The minimum absolute atomic E-state index is 0.0786. The van der Waals surface area contributed by atoms with Gasteiger partial charge in [0.2, 0.25) is 5.78 Å². The first kappa shape index (κ1) is 27.0. The summed E-state index contributed by atoms with van der Waals surface area (Å²) in [5.41, 5.74) is 4.19. The predicted molar refractivity (Wildman–Crippen MR) is 164 cm³/mol. The van der Waals surface area contributed by atoms with Crippen molar-refractivity contribution < 1.29 is 4.79 Å². The van der Waals surface area contributed by atoms with Crippen LogP contribution in [0, 0.1) is 0 Å². The van der Waals surface area contributed by atoms with E-state index in [4.69, 9.17) is 0 Å². The zero-order valence-electron chi connectivity index (χ0n) is 23.6. The molecular weight excluding hydrogens is 514 g/mol. The van der Waals surface area contributed by atoms with Gasteiger partial charge < -0.3 is 14.4 Å². The van der Waals surface area contributed by atoms with Crippen LogP contribution in [-0.2, 0) is 6.54 Å². The van der Waals surface area contributed by atoms with Crippen molar-refractivity contribution in [2.45, 2.75) is 45.2 Å². The van der Waals surface area contributed by atoms with Crippen LogP contribution in [0.25, 0.3) is 22.1 Å². The highest BCUT2D eigenvalue weighted by molar-refractivity contribution is 6.16. The Hall–Kier alpha value is -4.24. The number of aromatic amines is 1. The first-order valence-corrected chi connectivity index (χ1v) is 14.6. The largest absolute Gasteiger partial charge is 0.372 e. The average Bonchev–Trinajstić information content (AvgIpc) is 3.72. The zero-order chi connectivity index (χ0) is 28.3. The van der Waals surface area contributed by atoms with Crippen LogP contribution in [0.3, 0.4) is 0 Å². The van der Waals surface area contributed by atoms with Gasteiger partial charge in [0, 0.05) is 73.0 Å². The third-order valence-electron chi connectivity index (χ3n) is 8.42. The van der Waals surface area contributed by atoms with Gasteiger partial charge in [-0.2, -0.15) is 0 Å². The molecule has 2 aliphatic rings. The number of hydrogen-bond acceptors (Lipinski definition) is 6. The maximum Gasteiger partial charge on any atom is 0.327 e. The Morgan fingerprint density at radius 3 is 2.61 bits per heavy atom. The molecule has 9 heteroatoms. The molecule has 4 aromatic rings. The lowest BCUT2D eigenvalue weighted by atomic mass is 10.0. The SMILES string of the molecule is C=C(/C=C(\N=C/C)C(=O)c1cn(CCN2CCCC2)c2ccccc12)N1CCC(n2c(=O)[nH]c3ncccc32)CC1. The van der Waals surface area contributed by atoms with Gasteiger partial charge >= 0.3 is 5.69 Å². The molecule has 0 saturated carbocycles. The summed E-state index contributed by atoms with van der Waals surface area (Å²) in [7, 11) is 0. The van der Waals surface area contributed by atoms with Crippen molar-refractivity contribution in [1.29, 1.82) is 0 Å². The van der Waals surface area contributed by atoms with Crippen LogP contribution in [0.2, 0.25) is 0 Å². The van der Waals surface area contributed by atoms with Crippen molar-refractivity contribution in [3.05, 3.63) is 88.9 Å². The number of carbonyl (C=O) groups excluding carboxylic acids is 1. The predicted octanol–water partition coefficient (Wildman–Crippen LogP) is 4.78. The number of fused-ring (bicyclic) bond motifs is 2. The normalized spacial score (nSPS) is 17.4. The Bertz CT molecular complexity index is 1690. The number of benzene rings is 1. The van der Waals surface area contributed by atoms with Gasteiger partial charge in [0.25, 0.3) is 0 Å². The summed E-state index contributed by atoms with van der Waals surface area (Å²) >= 11 is 0. The van der Waals surface area contributed by atoms with Crippen molar-refractivity contribution in [1.82, 2.24) is 28.9 Å². The molecule has 0 bridgehead atoms. The third kappa shape index (κ3) is 5.41. The molecule has 2 fully saturated rings. The number of ketones is 1. The third-order valence-corrected chi connectivity index (χ3v) is 8.42. The summed E-state index contributed by atoms with van der Waals surface area (Å²) in [5, 5.41) is 0.946. The number of nitrogens with one attached hydrogen (secondary N) is 1. The Morgan fingerprint density at radius 1 is 1.07 bits per heavy atom. The summed E-state index contributed by atoms with van der Waals surface area (Å²) in [5.74, 6) is -0.104. The van der Waals surface area contributed by atoms with Gasteiger partial charge in [-0.3, -0.25) is 19.3 Å². The van der Waals surface area contributed by atoms with Crippen molar-refractivity contribution in [2.24, 2.45) is 4.99 Å². The highest BCUT2D eigenvalue weighted by Gasteiger charge is 2.25. The van der Waals surface area contributed by atoms with Crippen molar-refractivity contribution in [3.8, 4) is 0 Å². The molecule has 2 aliphatic heterocycles. The average molecular weight is 552 g/mol. The number of allylic oxidation sites excluding steroid dienone is 2. The number of Topliss-reactive ketones (excluding diaryl/α,β-unsaturated/α-hetero) is 1. The second-order valence-electron chi connectivity index (χ2n) is 10.9. The van der Waals surface area contributed by atoms with E-state index in [0.29, 0.717) is 16.9 Å². The van der Waals surface area contributed by atoms with E-state index in [1.165, 1.54) is 12.8 Å². The maximum atomic E-state index is 13.9. The Kier molecular flexibility index (Phi) is 7.69. The van der Waals surface area contributed by atoms with Gasteiger partial charge in [-0.15, -0.1) is 0 Å². The molecule has 2 saturated heterocycles. The van der Waals surface area contributed by atoms with Gasteiger partial charge in [0.1, 0.15) is 5.70 Å². The molecule has 9 nitrogen and oxygen atoms in total. The Labute approximate surface area is 239 Å². The van der Waals surface area contributed by atoms with E-state index in [1.807, 2.05) is 48.0 Å². The summed E-state index contributed by atoms with van der Waals surface area (Å²) in [6.07, 6.45) is 11.3. The first-order chi connectivity index (χ1) is 20.0. The van der Waals surface area contributed by atoms with E-state index in [-0.39, 0.29) is 17.5 Å². The van der Waals surface area contributed by atoms with Crippen LogP contribution >= 0.6 is 0 Å². The van der Waals surface area contributed by atoms with Crippen LogP contribution in [0.4, 0.5) is 0 Å². The van der Waals surface area contributed by atoms with E-state index < -0.39 is 0 Å². The molecule has 0 atom stereocenters. The molecule has 41 heavy (non-hydrogen) atoms. The number of H-pyrrole nitrogens is 1. The van der Waals surface area contributed by atoms with Gasteiger partial charge in [-0.25, -0.2) is 9.78 Å². The van der Waals surface area contributed by atoms with E-state index in [1.54, 1.807) is 18.5 Å². The number of para-hydroxylation sites is 1. The molecule has 0 radical (unpaired) electrons. The van der Waals surface area contributed by atoms with E-state index in [9.17, 15) is 9.59 Å². The highest BCUT2D eigenvalue weighted by Crippen LogP contribution is 2.28. The lowest BCUT2D eigenvalue weighted by Crippen LogP contribution is -2.36. The second-order valence-corrected chi connectivity index (χ2v) is 10.9. The number of likely N-dealkylation sites (tertiary alicyclic amines) is 2. The van der Waals surface area contributed by atoms with Crippen LogP contribution < -0.4 is 5.69 Å². The number of piperidine rings is 1. The second kappa shape index (κ2) is 11.7. The molecule has 6 rings (SSSR count). The number of rotatable bonds is 9. The van der Waals surface area contributed by atoms with Crippen molar-refractivity contribution in [3.63, 3.8) is 0 Å². The minimum Gasteiger partial charge on any atom is -0.372 e. The van der Waals surface area contributed by atoms with E-state index >= 15 is 0 Å². The minimum atomic E-state index is -0.124. The van der Waals surface area contributed by atoms with Crippen LogP contribution in [0.15, 0.2) is 82.6 Å². The Balaban J connectivity index is 1.19. The lowest BCUT2D eigenvalue weighted by Gasteiger charge is -2.34. The molecule has 0 aliphatic carbocycles. The number of aliphatic imine (C=N–C) groups is 1. The number of pyridine rings is 1. The summed E-state index contributed by atoms with van der Waals surface area (Å²) in [4.78, 5) is 42.8. The standard InChI is InChI=1S/C32H37N7O2/c1-3-33-27(30(40)26-22-38(20-19-36-15-6-7-16-36)28-10-5-4-9-25(26)28)21-23(2)37-17-12-24(13-18-37)39-29-11-8-14-34-31(29)35-32(39)41/h3-5,8-11,14,21-22,24H,2,6-7,12-13,15-20H2,1H3,(H,34,35,41)/b27-21-,33-3-. The van der Waals surface area contributed by atoms with Crippen molar-refractivity contribution >= 4 is 34.1 Å². The molecule has 0 amide bonds. The lowest BCUT2D eigenvalue weighted by molar-refractivity contribution is 0.103. The van der Waals surface area contributed by atoms with Crippen LogP contribution in [0.1, 0.15) is 49.0 Å². The number of hydrogen-bond donors (Lipinski definition) is 1. The van der Waals surface area contributed by atoms with Gasteiger partial charge in [-0.1, -0.05) is 24.8 Å². The number of carbonyl (C=O) groups is 1. The molecule has 1 aromatic carbocycles.